The third kappa shape index (κ3) is 7.87. The monoisotopic (exact) mass is 563 g/mol. The highest BCUT2D eigenvalue weighted by Gasteiger charge is 2.57. The first-order valence-electron chi connectivity index (χ1n) is 12.0. The molecule has 0 aromatic heterocycles. The van der Waals surface area contributed by atoms with Gasteiger partial charge < -0.3 is 37.3 Å². The molecule has 0 heterocycles. The van der Waals surface area contributed by atoms with Crippen LogP contribution in [0.15, 0.2) is 59.6 Å². The van der Waals surface area contributed by atoms with E-state index in [4.69, 9.17) is 26.5 Å². The average molecular weight is 564 g/mol. The van der Waals surface area contributed by atoms with Crippen LogP contribution >= 0.6 is 7.60 Å². The summed E-state index contributed by atoms with van der Waals surface area (Å²) in [5.74, 6) is -4.00. The lowest BCUT2D eigenvalue weighted by Gasteiger charge is -2.38. The Labute approximate surface area is 225 Å². The molecule has 1 amide bonds. The number of nitrogens with one attached hydrogen (secondary N) is 1. The first kappa shape index (κ1) is 31.4. The third-order valence-corrected chi connectivity index (χ3v) is 7.98. The van der Waals surface area contributed by atoms with Crippen LogP contribution in [0.5, 0.6) is 0 Å². The van der Waals surface area contributed by atoms with Crippen LogP contribution in [0.25, 0.3) is 0 Å². The number of carbonyl (C=O) groups is 3. The predicted molar refractivity (Wildman–Crippen MR) is 144 cm³/mol. The Balaban J connectivity index is 2.52. The maximum atomic E-state index is 13.9. The fourth-order valence-corrected chi connectivity index (χ4v) is 5.55. The Bertz CT molecular complexity index is 1250. The van der Waals surface area contributed by atoms with E-state index in [0.717, 1.165) is 0 Å². The number of rotatable bonds is 13. The summed E-state index contributed by atoms with van der Waals surface area (Å²) < 4.78 is 23.9. The zero-order valence-corrected chi connectivity index (χ0v) is 22.7. The second-order valence-electron chi connectivity index (χ2n) is 8.93. The lowest BCUT2D eigenvalue weighted by atomic mass is 9.91. The van der Waals surface area contributed by atoms with Crippen molar-refractivity contribution < 1.29 is 38.2 Å². The van der Waals surface area contributed by atoms with Gasteiger partial charge in [0.25, 0.3) is 0 Å². The van der Waals surface area contributed by atoms with Gasteiger partial charge in [0.05, 0.1) is 18.3 Å². The van der Waals surface area contributed by atoms with Gasteiger partial charge >= 0.3 is 19.7 Å². The summed E-state index contributed by atoms with van der Waals surface area (Å²) in [6, 6.07) is 12.6. The van der Waals surface area contributed by atoms with E-state index in [-0.39, 0.29) is 30.2 Å². The molecule has 0 radical (unpaired) electrons. The van der Waals surface area contributed by atoms with Gasteiger partial charge in [0.15, 0.2) is 23.1 Å². The number of carboxylic acids is 1. The fourth-order valence-electron chi connectivity index (χ4n) is 3.79. The van der Waals surface area contributed by atoms with Gasteiger partial charge in [-0.1, -0.05) is 56.3 Å². The van der Waals surface area contributed by atoms with Crippen LogP contribution in [-0.2, 0) is 29.8 Å². The molecular weight excluding hydrogens is 529 g/mol. The maximum absolute atomic E-state index is 13.9. The smallest absolute Gasteiger partial charge is 0.407 e. The minimum atomic E-state index is -5.29. The van der Waals surface area contributed by atoms with E-state index in [0.29, 0.717) is 5.56 Å². The highest BCUT2D eigenvalue weighted by atomic mass is 31.2. The van der Waals surface area contributed by atoms with E-state index in [1.165, 1.54) is 38.1 Å². The topological polar surface area (TPSA) is 230 Å². The van der Waals surface area contributed by atoms with E-state index in [9.17, 15) is 28.9 Å². The normalized spacial score (nSPS) is 15.7. The van der Waals surface area contributed by atoms with Crippen LogP contribution < -0.4 is 22.5 Å². The van der Waals surface area contributed by atoms with E-state index in [2.05, 4.69) is 10.3 Å². The molecule has 39 heavy (non-hydrogen) atoms. The minimum absolute atomic E-state index is 0.0108. The van der Waals surface area contributed by atoms with E-state index >= 15 is 0 Å². The number of aliphatic imine (C=N–C) groups is 1. The molecule has 0 aliphatic rings. The molecule has 0 aliphatic carbocycles. The van der Waals surface area contributed by atoms with Crippen molar-refractivity contribution in [2.24, 2.45) is 28.1 Å². The van der Waals surface area contributed by atoms with Crippen molar-refractivity contribution in [2.45, 2.75) is 44.6 Å². The van der Waals surface area contributed by atoms with Crippen molar-refractivity contribution in [3.63, 3.8) is 0 Å². The summed E-state index contributed by atoms with van der Waals surface area (Å²) in [4.78, 5) is 53.2. The highest BCUT2D eigenvalue weighted by Crippen LogP contribution is 2.59. The molecule has 0 fully saturated rings. The van der Waals surface area contributed by atoms with Crippen LogP contribution in [-0.4, -0.2) is 51.7 Å². The Morgan fingerprint density at radius 2 is 1.74 bits per heavy atom. The molecule has 9 N–H and O–H groups in total. The van der Waals surface area contributed by atoms with Crippen LogP contribution in [0.1, 0.15) is 38.0 Å². The number of hydrogen-bond acceptors (Lipinski definition) is 8. The molecule has 2 aromatic carbocycles. The maximum Gasteiger partial charge on any atom is 0.407 e. The molecule has 212 valence electrons. The first-order chi connectivity index (χ1) is 18.2. The number of ketones is 1. The number of carbonyl (C=O) groups excluding carboxylic acids is 2. The number of nitrogens with zero attached hydrogens (tertiary/aromatic N) is 1. The zero-order chi connectivity index (χ0) is 29.4. The van der Waals surface area contributed by atoms with Gasteiger partial charge in [0.2, 0.25) is 0 Å². The Kier molecular flexibility index (Phi) is 10.8. The van der Waals surface area contributed by atoms with Gasteiger partial charge in [-0.2, -0.15) is 0 Å². The molecule has 0 saturated carbocycles. The SMILES string of the molecule is CCOC(=O)NC(Cc1ccccc1)C(=O)C(N)(C(C)C)P(=O)(O)OC(C(=O)O)c1cccc(N=C(N)N)c1. The Morgan fingerprint density at radius 1 is 1.10 bits per heavy atom. The number of nitrogens with two attached hydrogens (primary N) is 3. The summed E-state index contributed by atoms with van der Waals surface area (Å²) in [7, 11) is -5.29. The van der Waals surface area contributed by atoms with Crippen LogP contribution in [0.2, 0.25) is 0 Å². The van der Waals surface area contributed by atoms with Crippen molar-refractivity contribution in [1.29, 1.82) is 0 Å². The van der Waals surface area contributed by atoms with Gasteiger partial charge in [0.1, 0.15) is 0 Å². The number of aliphatic carboxylic acids is 1. The number of carboxylic acid groups (broad SMARTS) is 1. The molecule has 0 bridgehead atoms. The number of benzene rings is 2. The molecule has 0 spiro atoms. The van der Waals surface area contributed by atoms with E-state index in [1.54, 1.807) is 37.3 Å². The van der Waals surface area contributed by atoms with Crippen molar-refractivity contribution in [3.05, 3.63) is 65.7 Å². The second-order valence-corrected chi connectivity index (χ2v) is 10.9. The quantitative estimate of drug-likeness (QED) is 0.117. The first-order valence-corrected chi connectivity index (χ1v) is 13.5. The summed E-state index contributed by atoms with van der Waals surface area (Å²) in [6.45, 7) is 4.39. The number of amides is 1. The fraction of sp³-hybridized carbons (Fsp3) is 0.360. The Hall–Kier alpha value is -3.77. The summed E-state index contributed by atoms with van der Waals surface area (Å²) >= 11 is 0. The highest BCUT2D eigenvalue weighted by molar-refractivity contribution is 7.55. The second kappa shape index (κ2) is 13.3. The van der Waals surface area contributed by atoms with Gasteiger partial charge in [0, 0.05) is 0 Å². The number of ether oxygens (including phenoxy) is 1. The summed E-state index contributed by atoms with van der Waals surface area (Å²) in [6.07, 6.45) is -3.05. The molecule has 14 heteroatoms. The molecule has 2 aromatic rings. The summed E-state index contributed by atoms with van der Waals surface area (Å²) in [5.41, 5.74) is 17.8. The number of Topliss-reactive ketones (excluding diaryl/α,β-unsaturated/α-hetero) is 1. The van der Waals surface area contributed by atoms with Crippen molar-refractivity contribution >= 4 is 37.1 Å². The van der Waals surface area contributed by atoms with Gasteiger partial charge in [-0.15, -0.1) is 0 Å². The molecule has 4 unspecified atom stereocenters. The predicted octanol–water partition coefficient (Wildman–Crippen LogP) is 2.16. The van der Waals surface area contributed by atoms with Crippen molar-refractivity contribution in [3.8, 4) is 0 Å². The molecule has 0 saturated heterocycles. The van der Waals surface area contributed by atoms with Crippen molar-refractivity contribution in [1.82, 2.24) is 5.32 Å². The number of guanidine groups is 1. The van der Waals surface area contributed by atoms with Gasteiger partial charge in [-0.3, -0.25) is 13.9 Å². The average Bonchev–Trinajstić information content (AvgIpc) is 2.86. The lowest BCUT2D eigenvalue weighted by Crippen LogP contribution is -2.60. The van der Waals surface area contributed by atoms with Gasteiger partial charge in [-0.25, -0.2) is 14.6 Å². The number of alkyl carbamates (subject to hydrolysis) is 1. The van der Waals surface area contributed by atoms with E-state index < -0.39 is 48.8 Å². The largest absolute Gasteiger partial charge is 0.479 e. The molecular formula is C25H34N5O8P. The van der Waals surface area contributed by atoms with Crippen LogP contribution in [0.3, 0.4) is 0 Å². The third-order valence-electron chi connectivity index (χ3n) is 5.81. The molecule has 0 aliphatic heterocycles. The van der Waals surface area contributed by atoms with Crippen LogP contribution in [0.4, 0.5) is 10.5 Å². The molecule has 13 nitrogen and oxygen atoms in total. The lowest BCUT2D eigenvalue weighted by molar-refractivity contribution is -0.146. The van der Waals surface area contributed by atoms with Crippen molar-refractivity contribution in [2.75, 3.05) is 6.61 Å². The van der Waals surface area contributed by atoms with Gasteiger partial charge in [-0.05, 0) is 42.5 Å². The summed E-state index contributed by atoms with van der Waals surface area (Å²) in [5, 5.41) is 9.62. The zero-order valence-electron chi connectivity index (χ0n) is 21.8. The van der Waals surface area contributed by atoms with E-state index in [1.807, 2.05) is 0 Å². The van der Waals surface area contributed by atoms with Crippen LogP contribution in [0, 0.1) is 5.92 Å². The number of hydrogen-bond donors (Lipinski definition) is 6. The Morgan fingerprint density at radius 3 is 2.28 bits per heavy atom. The molecule has 4 atom stereocenters. The molecule has 2 rings (SSSR count). The standard InChI is InChI=1S/C25H34N5O8P/c1-4-37-24(34)30-19(13-16-9-6-5-7-10-16)21(31)25(28,15(2)3)39(35,36)38-20(22(32)33)17-11-8-12-18(14-17)29-23(26)27/h5-12,14-15,19-20H,4,13,28H2,1-3H3,(H,30,34)(H,32,33)(H,35,36)(H4,26,27,29). The minimum Gasteiger partial charge on any atom is -0.479 e.